The number of carbonyl (C=O) groups excluding carboxylic acids is 1. The summed E-state index contributed by atoms with van der Waals surface area (Å²) in [5.41, 5.74) is 6.79. The fraction of sp³-hybridized carbons (Fsp3) is 0.533. The van der Waals surface area contributed by atoms with Crippen LogP contribution in [-0.4, -0.2) is 11.9 Å². The third kappa shape index (κ3) is 3.63. The average molecular weight is 281 g/mol. The van der Waals surface area contributed by atoms with Gasteiger partial charge in [-0.25, -0.2) is 0 Å². The topological polar surface area (TPSA) is 55.1 Å². The zero-order valence-corrected chi connectivity index (χ0v) is 12.0. The molecule has 1 aliphatic carbocycles. The van der Waals surface area contributed by atoms with Gasteiger partial charge >= 0.3 is 0 Å². The van der Waals surface area contributed by atoms with E-state index in [0.717, 1.165) is 6.42 Å². The smallest absolute Gasteiger partial charge is 0.253 e. The molecule has 0 spiro atoms. The maximum Gasteiger partial charge on any atom is 0.253 e. The number of rotatable bonds is 2. The minimum absolute atomic E-state index is 0.112. The summed E-state index contributed by atoms with van der Waals surface area (Å²) in [4.78, 5) is 12.3. The van der Waals surface area contributed by atoms with Crippen molar-refractivity contribution < 1.29 is 4.79 Å². The summed E-state index contributed by atoms with van der Waals surface area (Å²) in [7, 11) is 0. The van der Waals surface area contributed by atoms with E-state index in [1.807, 2.05) is 0 Å². The average Bonchev–Trinajstić information content (AvgIpc) is 2.58. The SMILES string of the molecule is CC1CCCCCC1NC(=O)c1cc(Cl)ccc1N. The molecule has 1 aromatic rings. The first kappa shape index (κ1) is 14.2. The standard InChI is InChI=1S/C15H21ClN2O/c1-10-5-3-2-4-6-14(10)18-15(19)12-9-11(16)7-8-13(12)17/h7-10,14H,2-6,17H2,1H3,(H,18,19). The third-order valence-corrected chi connectivity index (χ3v) is 4.17. The highest BCUT2D eigenvalue weighted by atomic mass is 35.5. The molecule has 3 nitrogen and oxygen atoms in total. The number of halogens is 1. The molecule has 0 radical (unpaired) electrons. The Hall–Kier alpha value is -1.22. The maximum atomic E-state index is 12.3. The van der Waals surface area contributed by atoms with Gasteiger partial charge in [0.05, 0.1) is 5.56 Å². The van der Waals surface area contributed by atoms with E-state index in [1.54, 1.807) is 18.2 Å². The second kappa shape index (κ2) is 6.29. The number of carbonyl (C=O) groups is 1. The quantitative estimate of drug-likeness (QED) is 0.642. The highest BCUT2D eigenvalue weighted by Gasteiger charge is 2.22. The minimum Gasteiger partial charge on any atom is -0.398 e. The Bertz CT molecular complexity index is 461. The molecular formula is C15H21ClN2O. The van der Waals surface area contributed by atoms with Crippen LogP contribution in [0.4, 0.5) is 5.69 Å². The number of anilines is 1. The van der Waals surface area contributed by atoms with E-state index in [0.29, 0.717) is 22.2 Å². The number of hydrogen-bond acceptors (Lipinski definition) is 2. The fourth-order valence-electron chi connectivity index (χ4n) is 2.68. The van der Waals surface area contributed by atoms with Crippen molar-refractivity contribution in [3.8, 4) is 0 Å². The molecular weight excluding hydrogens is 260 g/mol. The predicted octanol–water partition coefficient (Wildman–Crippen LogP) is 3.62. The Morgan fingerprint density at radius 1 is 1.32 bits per heavy atom. The molecule has 0 heterocycles. The molecule has 2 atom stereocenters. The lowest BCUT2D eigenvalue weighted by Gasteiger charge is -2.23. The molecule has 2 rings (SSSR count). The van der Waals surface area contributed by atoms with Gasteiger partial charge in [0, 0.05) is 16.8 Å². The van der Waals surface area contributed by atoms with Crippen LogP contribution in [0.5, 0.6) is 0 Å². The van der Waals surface area contributed by atoms with Crippen LogP contribution < -0.4 is 11.1 Å². The Balaban J connectivity index is 2.09. The molecule has 1 saturated carbocycles. The fourth-order valence-corrected chi connectivity index (χ4v) is 2.85. The van der Waals surface area contributed by atoms with Crippen LogP contribution in [0.2, 0.25) is 5.02 Å². The van der Waals surface area contributed by atoms with Gasteiger partial charge in [-0.3, -0.25) is 4.79 Å². The normalized spacial score (nSPS) is 23.7. The maximum absolute atomic E-state index is 12.3. The van der Waals surface area contributed by atoms with Crippen molar-refractivity contribution in [2.75, 3.05) is 5.73 Å². The first-order valence-electron chi connectivity index (χ1n) is 6.94. The van der Waals surface area contributed by atoms with E-state index in [4.69, 9.17) is 17.3 Å². The van der Waals surface area contributed by atoms with Crippen LogP contribution >= 0.6 is 11.6 Å². The van der Waals surface area contributed by atoms with Gasteiger partial charge in [-0.1, -0.05) is 37.8 Å². The van der Waals surface area contributed by atoms with E-state index in [2.05, 4.69) is 12.2 Å². The van der Waals surface area contributed by atoms with E-state index >= 15 is 0 Å². The number of benzene rings is 1. The number of nitrogens with one attached hydrogen (secondary N) is 1. The molecule has 104 valence electrons. The van der Waals surface area contributed by atoms with Crippen LogP contribution in [-0.2, 0) is 0 Å². The third-order valence-electron chi connectivity index (χ3n) is 3.94. The van der Waals surface area contributed by atoms with E-state index < -0.39 is 0 Å². The Morgan fingerprint density at radius 2 is 2.05 bits per heavy atom. The summed E-state index contributed by atoms with van der Waals surface area (Å²) in [6.45, 7) is 2.21. The first-order chi connectivity index (χ1) is 9.08. The summed E-state index contributed by atoms with van der Waals surface area (Å²) in [6.07, 6.45) is 5.92. The Kier molecular flexibility index (Phi) is 4.70. The second-order valence-electron chi connectivity index (χ2n) is 5.43. The van der Waals surface area contributed by atoms with E-state index in [9.17, 15) is 4.79 Å². The van der Waals surface area contributed by atoms with Crippen molar-refractivity contribution in [1.82, 2.24) is 5.32 Å². The Morgan fingerprint density at radius 3 is 2.84 bits per heavy atom. The molecule has 0 bridgehead atoms. The predicted molar refractivity (Wildman–Crippen MR) is 79.4 cm³/mol. The van der Waals surface area contributed by atoms with Crippen LogP contribution in [0.25, 0.3) is 0 Å². The molecule has 19 heavy (non-hydrogen) atoms. The molecule has 3 N–H and O–H groups in total. The van der Waals surface area contributed by atoms with E-state index in [1.165, 1.54) is 25.7 Å². The molecule has 0 aliphatic heterocycles. The number of nitrogen functional groups attached to an aromatic ring is 1. The second-order valence-corrected chi connectivity index (χ2v) is 5.86. The van der Waals surface area contributed by atoms with Crippen LogP contribution in [0.15, 0.2) is 18.2 Å². The zero-order chi connectivity index (χ0) is 13.8. The molecule has 1 aromatic carbocycles. The Labute approximate surface area is 119 Å². The number of hydrogen-bond donors (Lipinski definition) is 2. The summed E-state index contributed by atoms with van der Waals surface area (Å²) < 4.78 is 0. The summed E-state index contributed by atoms with van der Waals surface area (Å²) in [5, 5.41) is 3.65. The largest absolute Gasteiger partial charge is 0.398 e. The van der Waals surface area contributed by atoms with Crippen molar-refractivity contribution >= 4 is 23.2 Å². The van der Waals surface area contributed by atoms with Gasteiger partial charge in [0.1, 0.15) is 0 Å². The zero-order valence-electron chi connectivity index (χ0n) is 11.3. The van der Waals surface area contributed by atoms with Crippen LogP contribution in [0.1, 0.15) is 49.4 Å². The lowest BCUT2D eigenvalue weighted by atomic mass is 9.96. The molecule has 1 aliphatic rings. The highest BCUT2D eigenvalue weighted by molar-refractivity contribution is 6.31. The summed E-state index contributed by atoms with van der Waals surface area (Å²) >= 11 is 5.92. The van der Waals surface area contributed by atoms with Crippen molar-refractivity contribution in [2.24, 2.45) is 5.92 Å². The van der Waals surface area contributed by atoms with Crippen molar-refractivity contribution in [3.63, 3.8) is 0 Å². The molecule has 1 amide bonds. The first-order valence-corrected chi connectivity index (χ1v) is 7.31. The monoisotopic (exact) mass is 280 g/mol. The minimum atomic E-state index is -0.112. The lowest BCUT2D eigenvalue weighted by Crippen LogP contribution is -2.39. The van der Waals surface area contributed by atoms with E-state index in [-0.39, 0.29) is 11.9 Å². The van der Waals surface area contributed by atoms with Gasteiger partial charge in [-0.05, 0) is 37.0 Å². The van der Waals surface area contributed by atoms with Gasteiger partial charge in [-0.15, -0.1) is 0 Å². The number of amides is 1. The van der Waals surface area contributed by atoms with Crippen molar-refractivity contribution in [1.29, 1.82) is 0 Å². The molecule has 1 fully saturated rings. The van der Waals surface area contributed by atoms with Crippen LogP contribution in [0.3, 0.4) is 0 Å². The van der Waals surface area contributed by atoms with Gasteiger partial charge in [0.2, 0.25) is 0 Å². The van der Waals surface area contributed by atoms with Crippen molar-refractivity contribution in [3.05, 3.63) is 28.8 Å². The van der Waals surface area contributed by atoms with Gasteiger partial charge < -0.3 is 11.1 Å². The van der Waals surface area contributed by atoms with Gasteiger partial charge in [0.25, 0.3) is 5.91 Å². The van der Waals surface area contributed by atoms with Crippen molar-refractivity contribution in [2.45, 2.75) is 45.1 Å². The van der Waals surface area contributed by atoms with Crippen LogP contribution in [0, 0.1) is 5.92 Å². The summed E-state index contributed by atoms with van der Waals surface area (Å²) in [5.74, 6) is 0.408. The van der Waals surface area contributed by atoms with Gasteiger partial charge in [-0.2, -0.15) is 0 Å². The molecule has 2 unspecified atom stereocenters. The molecule has 0 aromatic heterocycles. The number of nitrogens with two attached hydrogens (primary N) is 1. The lowest BCUT2D eigenvalue weighted by molar-refractivity contribution is 0.0922. The van der Waals surface area contributed by atoms with Gasteiger partial charge in [0.15, 0.2) is 0 Å². The summed E-state index contributed by atoms with van der Waals surface area (Å²) in [6, 6.07) is 5.25. The highest BCUT2D eigenvalue weighted by Crippen LogP contribution is 2.24. The molecule has 4 heteroatoms. The molecule has 0 saturated heterocycles.